The summed E-state index contributed by atoms with van der Waals surface area (Å²) in [5.74, 6) is 1.49. The Labute approximate surface area is 143 Å². The summed E-state index contributed by atoms with van der Waals surface area (Å²) in [7, 11) is 2.96. The van der Waals surface area contributed by atoms with E-state index in [1.165, 1.54) is 20.3 Å². The molecule has 1 aromatic heterocycles. The van der Waals surface area contributed by atoms with Gasteiger partial charge in [-0.2, -0.15) is 0 Å². The first-order valence-electron chi connectivity index (χ1n) is 7.49. The summed E-state index contributed by atoms with van der Waals surface area (Å²) in [5.41, 5.74) is 1.19. The highest BCUT2D eigenvalue weighted by Crippen LogP contribution is 2.40. The minimum Gasteiger partial charge on any atom is -0.493 e. The van der Waals surface area contributed by atoms with Gasteiger partial charge in [-0.25, -0.2) is 4.79 Å². The quantitative estimate of drug-likeness (QED) is 0.520. The Morgan fingerprint density at radius 2 is 1.76 bits per heavy atom. The maximum atomic E-state index is 11.6. The van der Waals surface area contributed by atoms with E-state index < -0.39 is 5.63 Å². The van der Waals surface area contributed by atoms with E-state index in [2.05, 4.69) is 0 Å². The Hall–Kier alpha value is -3.28. The molecule has 0 saturated carbocycles. The van der Waals surface area contributed by atoms with Crippen LogP contribution < -0.4 is 19.8 Å². The van der Waals surface area contributed by atoms with Crippen molar-refractivity contribution < 1.29 is 23.4 Å². The number of ether oxygens (including phenoxy) is 3. The van der Waals surface area contributed by atoms with Crippen LogP contribution in [-0.2, 0) is 0 Å². The number of benzene rings is 2. The smallest absolute Gasteiger partial charge is 0.336 e. The molecule has 2 aromatic carbocycles. The van der Waals surface area contributed by atoms with Crippen LogP contribution in [-0.4, -0.2) is 20.5 Å². The molecule has 1 heterocycles. The molecule has 128 valence electrons. The van der Waals surface area contributed by atoms with Crippen molar-refractivity contribution in [1.29, 1.82) is 0 Å². The van der Waals surface area contributed by atoms with E-state index >= 15 is 0 Å². The van der Waals surface area contributed by atoms with Gasteiger partial charge in [0, 0.05) is 23.1 Å². The standard InChI is InChI=1S/C19H16O6/c1-11-6-18(21)25-15-9-13(4-5-14(11)15)24-17-8-12(10-20)7-16(22-2)19(17)23-3/h4-10H,1-3H3. The van der Waals surface area contributed by atoms with Gasteiger partial charge < -0.3 is 18.6 Å². The molecule has 0 radical (unpaired) electrons. The fourth-order valence-electron chi connectivity index (χ4n) is 2.59. The van der Waals surface area contributed by atoms with E-state index in [0.29, 0.717) is 40.4 Å². The number of hydrogen-bond donors (Lipinski definition) is 0. The van der Waals surface area contributed by atoms with Crippen LogP contribution in [0, 0.1) is 6.92 Å². The van der Waals surface area contributed by atoms with Crippen LogP contribution in [0.15, 0.2) is 45.6 Å². The molecule has 0 aliphatic rings. The molecule has 0 spiro atoms. The van der Waals surface area contributed by atoms with Gasteiger partial charge in [-0.3, -0.25) is 4.79 Å². The van der Waals surface area contributed by atoms with Gasteiger partial charge in [0.25, 0.3) is 0 Å². The fraction of sp³-hybridized carbons (Fsp3) is 0.158. The molecule has 3 aromatic rings. The molecule has 0 aliphatic carbocycles. The topological polar surface area (TPSA) is 75.0 Å². The van der Waals surface area contributed by atoms with E-state index in [-0.39, 0.29) is 0 Å². The SMILES string of the molecule is COc1cc(C=O)cc(Oc2ccc3c(C)cc(=O)oc3c2)c1OC. The summed E-state index contributed by atoms with van der Waals surface area (Å²) in [6, 6.07) is 9.70. The van der Waals surface area contributed by atoms with Crippen LogP contribution in [0.25, 0.3) is 11.0 Å². The lowest BCUT2D eigenvalue weighted by Gasteiger charge is -2.14. The number of carbonyl (C=O) groups excluding carboxylic acids is 1. The van der Waals surface area contributed by atoms with E-state index in [1.807, 2.05) is 6.92 Å². The lowest BCUT2D eigenvalue weighted by atomic mass is 10.1. The lowest BCUT2D eigenvalue weighted by molar-refractivity contribution is 0.112. The zero-order valence-corrected chi connectivity index (χ0v) is 14.0. The molecule has 6 nitrogen and oxygen atoms in total. The van der Waals surface area contributed by atoms with Crippen molar-refractivity contribution in [3.05, 3.63) is 57.9 Å². The van der Waals surface area contributed by atoms with Gasteiger partial charge >= 0.3 is 5.63 Å². The van der Waals surface area contributed by atoms with Gasteiger partial charge in [0.15, 0.2) is 11.5 Å². The monoisotopic (exact) mass is 340 g/mol. The predicted octanol–water partition coefficient (Wildman–Crippen LogP) is 3.72. The molecule has 6 heteroatoms. The number of hydrogen-bond acceptors (Lipinski definition) is 6. The summed E-state index contributed by atoms with van der Waals surface area (Å²) in [5, 5.41) is 0.818. The summed E-state index contributed by atoms with van der Waals surface area (Å²) in [6.07, 6.45) is 0.692. The molecule has 0 amide bonds. The van der Waals surface area contributed by atoms with Gasteiger partial charge in [-0.15, -0.1) is 0 Å². The second-order valence-corrected chi connectivity index (χ2v) is 5.38. The van der Waals surface area contributed by atoms with E-state index in [4.69, 9.17) is 18.6 Å². The molecule has 0 saturated heterocycles. The second-order valence-electron chi connectivity index (χ2n) is 5.38. The molecule has 0 unspecified atom stereocenters. The Balaban J connectivity index is 2.09. The van der Waals surface area contributed by atoms with Crippen molar-refractivity contribution in [3.8, 4) is 23.0 Å². The van der Waals surface area contributed by atoms with Crippen LogP contribution >= 0.6 is 0 Å². The maximum Gasteiger partial charge on any atom is 0.336 e. The summed E-state index contributed by atoms with van der Waals surface area (Å²) < 4.78 is 21.6. The van der Waals surface area contributed by atoms with Crippen LogP contribution in [0.4, 0.5) is 0 Å². The predicted molar refractivity (Wildman–Crippen MR) is 92.2 cm³/mol. The molecule has 0 bridgehead atoms. The van der Waals surface area contributed by atoms with Gasteiger partial charge in [-0.05, 0) is 36.8 Å². The van der Waals surface area contributed by atoms with Crippen molar-refractivity contribution in [3.63, 3.8) is 0 Å². The highest BCUT2D eigenvalue weighted by atomic mass is 16.5. The van der Waals surface area contributed by atoms with Crippen molar-refractivity contribution >= 4 is 17.3 Å². The highest BCUT2D eigenvalue weighted by molar-refractivity contribution is 5.82. The number of fused-ring (bicyclic) bond motifs is 1. The summed E-state index contributed by atoms with van der Waals surface area (Å²) in [6.45, 7) is 1.83. The third-order valence-electron chi connectivity index (χ3n) is 3.75. The summed E-state index contributed by atoms with van der Waals surface area (Å²) >= 11 is 0. The Kier molecular flexibility index (Phi) is 4.43. The summed E-state index contributed by atoms with van der Waals surface area (Å²) in [4.78, 5) is 22.7. The molecular formula is C19H16O6. The lowest BCUT2D eigenvalue weighted by Crippen LogP contribution is -1.99. The number of carbonyl (C=O) groups is 1. The molecule has 3 rings (SSSR count). The first kappa shape index (κ1) is 16.6. The van der Waals surface area contributed by atoms with Crippen molar-refractivity contribution in [2.45, 2.75) is 6.92 Å². The van der Waals surface area contributed by atoms with Crippen LogP contribution in [0.2, 0.25) is 0 Å². The van der Waals surface area contributed by atoms with Gasteiger partial charge in [0.2, 0.25) is 5.75 Å². The second kappa shape index (κ2) is 6.68. The van der Waals surface area contributed by atoms with Gasteiger partial charge in [-0.1, -0.05) is 0 Å². The Morgan fingerprint density at radius 3 is 2.44 bits per heavy atom. The van der Waals surface area contributed by atoms with E-state index in [0.717, 1.165) is 10.9 Å². The minimum atomic E-state index is -0.427. The molecule has 0 N–H and O–H groups in total. The third kappa shape index (κ3) is 3.19. The first-order valence-corrected chi connectivity index (χ1v) is 7.49. The maximum absolute atomic E-state index is 11.6. The molecule has 0 fully saturated rings. The average molecular weight is 340 g/mol. The number of aldehydes is 1. The first-order chi connectivity index (χ1) is 12.0. The van der Waals surface area contributed by atoms with Crippen LogP contribution in [0.3, 0.4) is 0 Å². The normalized spacial score (nSPS) is 10.5. The zero-order valence-electron chi connectivity index (χ0n) is 14.0. The highest BCUT2D eigenvalue weighted by Gasteiger charge is 2.15. The van der Waals surface area contributed by atoms with Crippen molar-refractivity contribution in [2.75, 3.05) is 14.2 Å². The zero-order chi connectivity index (χ0) is 18.0. The van der Waals surface area contributed by atoms with Crippen molar-refractivity contribution in [1.82, 2.24) is 0 Å². The van der Waals surface area contributed by atoms with Crippen LogP contribution in [0.1, 0.15) is 15.9 Å². The fourth-order valence-corrected chi connectivity index (χ4v) is 2.59. The van der Waals surface area contributed by atoms with E-state index in [1.54, 1.807) is 30.3 Å². The molecule has 0 aliphatic heterocycles. The largest absolute Gasteiger partial charge is 0.493 e. The molecule has 0 atom stereocenters. The van der Waals surface area contributed by atoms with Gasteiger partial charge in [0.1, 0.15) is 17.6 Å². The minimum absolute atomic E-state index is 0.318. The average Bonchev–Trinajstić information content (AvgIpc) is 2.60. The number of methoxy groups -OCH3 is 2. The Bertz CT molecular complexity index is 1000. The molecular weight excluding hydrogens is 324 g/mol. The third-order valence-corrected chi connectivity index (χ3v) is 3.75. The number of rotatable bonds is 5. The van der Waals surface area contributed by atoms with Crippen molar-refractivity contribution in [2.24, 2.45) is 0 Å². The number of aryl methyl sites for hydroxylation is 1. The molecule has 25 heavy (non-hydrogen) atoms. The van der Waals surface area contributed by atoms with Crippen LogP contribution in [0.5, 0.6) is 23.0 Å². The van der Waals surface area contributed by atoms with E-state index in [9.17, 15) is 9.59 Å². The van der Waals surface area contributed by atoms with Gasteiger partial charge in [0.05, 0.1) is 14.2 Å². The Morgan fingerprint density at radius 1 is 1.00 bits per heavy atom.